The average Bonchev–Trinajstić information content (AvgIpc) is 2.64. The van der Waals surface area contributed by atoms with Crippen LogP contribution in [0.5, 0.6) is 17.2 Å². The minimum Gasteiger partial charge on any atom is -0.497 e. The number of benzene rings is 3. The van der Waals surface area contributed by atoms with Crippen LogP contribution in [0.15, 0.2) is 72.8 Å². The Morgan fingerprint density at radius 1 is 0.880 bits per heavy atom. The van der Waals surface area contributed by atoms with Crippen molar-refractivity contribution in [3.8, 4) is 17.2 Å². The molecule has 0 heterocycles. The molecule has 0 aliphatic heterocycles. The third-order valence-corrected chi connectivity index (χ3v) is 3.84. The lowest BCUT2D eigenvalue weighted by Crippen LogP contribution is -2.03. The predicted molar refractivity (Wildman–Crippen MR) is 95.7 cm³/mol. The Morgan fingerprint density at radius 2 is 1.52 bits per heavy atom. The Balaban J connectivity index is 1.76. The molecule has 0 aliphatic carbocycles. The maximum Gasteiger partial charge on any atom is 0.336 e. The highest BCUT2D eigenvalue weighted by molar-refractivity contribution is 5.90. The van der Waals surface area contributed by atoms with E-state index in [1.54, 1.807) is 18.2 Å². The zero-order valence-electron chi connectivity index (χ0n) is 13.8. The molecule has 0 amide bonds. The highest BCUT2D eigenvalue weighted by Crippen LogP contribution is 2.24. The fraction of sp³-hybridized carbons (Fsp3) is 0.0952. The van der Waals surface area contributed by atoms with Gasteiger partial charge in [-0.15, -0.1) is 0 Å². The molecule has 4 heteroatoms. The summed E-state index contributed by atoms with van der Waals surface area (Å²) in [5.74, 6) is 1.09. The van der Waals surface area contributed by atoms with E-state index < -0.39 is 5.97 Å². The first-order valence-corrected chi connectivity index (χ1v) is 7.88. The van der Waals surface area contributed by atoms with E-state index in [4.69, 9.17) is 9.47 Å². The van der Waals surface area contributed by atoms with Crippen LogP contribution in [0.1, 0.15) is 21.5 Å². The van der Waals surface area contributed by atoms with E-state index in [0.717, 1.165) is 22.6 Å². The Labute approximate surface area is 146 Å². The van der Waals surface area contributed by atoms with Crippen LogP contribution >= 0.6 is 0 Å². The summed E-state index contributed by atoms with van der Waals surface area (Å²) in [5, 5.41) is 9.40. The Hall–Kier alpha value is -3.27. The Kier molecular flexibility index (Phi) is 5.00. The minimum absolute atomic E-state index is 0.254. The van der Waals surface area contributed by atoms with Crippen LogP contribution in [0, 0.1) is 0 Å². The fourth-order valence-corrected chi connectivity index (χ4v) is 2.56. The average molecular weight is 334 g/mol. The molecule has 0 saturated heterocycles. The Morgan fingerprint density at radius 3 is 2.16 bits per heavy atom. The monoisotopic (exact) mass is 334 g/mol. The van der Waals surface area contributed by atoms with Crippen molar-refractivity contribution in [1.29, 1.82) is 0 Å². The van der Waals surface area contributed by atoms with Gasteiger partial charge in [0.2, 0.25) is 0 Å². The second-order valence-corrected chi connectivity index (χ2v) is 5.56. The van der Waals surface area contributed by atoms with Crippen LogP contribution in [0.4, 0.5) is 0 Å². The second kappa shape index (κ2) is 7.53. The number of rotatable bonds is 6. The molecule has 1 N–H and O–H groups in total. The second-order valence-electron chi connectivity index (χ2n) is 5.56. The minimum atomic E-state index is -0.960. The maximum absolute atomic E-state index is 11.5. The number of carboxylic acids is 1. The van der Waals surface area contributed by atoms with Gasteiger partial charge in [0.25, 0.3) is 0 Å². The lowest BCUT2D eigenvalue weighted by atomic mass is 9.99. The van der Waals surface area contributed by atoms with E-state index in [0.29, 0.717) is 12.2 Å². The maximum atomic E-state index is 11.5. The number of ether oxygens (including phenoxy) is 2. The molecule has 0 fully saturated rings. The molecule has 0 unspecified atom stereocenters. The van der Waals surface area contributed by atoms with E-state index in [-0.39, 0.29) is 5.56 Å². The first-order chi connectivity index (χ1) is 12.2. The van der Waals surface area contributed by atoms with Gasteiger partial charge in [-0.05, 0) is 53.9 Å². The van der Waals surface area contributed by atoms with Gasteiger partial charge in [0.05, 0.1) is 12.7 Å². The van der Waals surface area contributed by atoms with Gasteiger partial charge < -0.3 is 14.6 Å². The summed E-state index contributed by atoms with van der Waals surface area (Å²) in [4.78, 5) is 11.5. The van der Waals surface area contributed by atoms with Crippen molar-refractivity contribution in [1.82, 2.24) is 0 Å². The fourth-order valence-electron chi connectivity index (χ4n) is 2.56. The summed E-state index contributed by atoms with van der Waals surface area (Å²) in [7, 11) is 1.52. The molecule has 3 aromatic rings. The summed E-state index contributed by atoms with van der Waals surface area (Å²) >= 11 is 0. The number of aromatic carboxylic acids is 1. The summed E-state index contributed by atoms with van der Waals surface area (Å²) in [6.45, 7) is 0. The largest absolute Gasteiger partial charge is 0.497 e. The van der Waals surface area contributed by atoms with E-state index in [9.17, 15) is 9.90 Å². The highest BCUT2D eigenvalue weighted by atomic mass is 16.5. The number of hydrogen-bond donors (Lipinski definition) is 1. The Bertz CT molecular complexity index is 855. The molecule has 0 bridgehead atoms. The van der Waals surface area contributed by atoms with E-state index >= 15 is 0 Å². The van der Waals surface area contributed by atoms with Gasteiger partial charge in [0.15, 0.2) is 0 Å². The van der Waals surface area contributed by atoms with Crippen molar-refractivity contribution in [3.63, 3.8) is 0 Å². The molecule has 0 spiro atoms. The predicted octanol–water partition coefficient (Wildman–Crippen LogP) is 4.78. The van der Waals surface area contributed by atoms with E-state index in [2.05, 4.69) is 0 Å². The van der Waals surface area contributed by atoms with Crippen molar-refractivity contribution in [3.05, 3.63) is 89.5 Å². The number of para-hydroxylation sites is 1. The van der Waals surface area contributed by atoms with Crippen molar-refractivity contribution in [2.24, 2.45) is 0 Å². The third kappa shape index (κ3) is 4.18. The lowest BCUT2D eigenvalue weighted by Gasteiger charge is -2.10. The number of methoxy groups -OCH3 is 1. The van der Waals surface area contributed by atoms with Crippen LogP contribution in [0.2, 0.25) is 0 Å². The van der Waals surface area contributed by atoms with Gasteiger partial charge >= 0.3 is 5.97 Å². The van der Waals surface area contributed by atoms with Crippen molar-refractivity contribution in [2.45, 2.75) is 6.42 Å². The van der Waals surface area contributed by atoms with Gasteiger partial charge in [-0.1, -0.05) is 36.4 Å². The zero-order chi connectivity index (χ0) is 17.6. The number of carbonyl (C=O) groups is 1. The summed E-state index contributed by atoms with van der Waals surface area (Å²) in [6, 6.07) is 22.3. The lowest BCUT2D eigenvalue weighted by molar-refractivity contribution is 0.0695. The van der Waals surface area contributed by atoms with Crippen LogP contribution < -0.4 is 9.47 Å². The molecular weight excluding hydrogens is 316 g/mol. The van der Waals surface area contributed by atoms with E-state index in [1.165, 1.54) is 7.11 Å². The smallest absolute Gasteiger partial charge is 0.336 e. The molecule has 3 rings (SSSR count). The topological polar surface area (TPSA) is 55.8 Å². The molecule has 4 nitrogen and oxygen atoms in total. The molecule has 0 radical (unpaired) electrons. The van der Waals surface area contributed by atoms with Gasteiger partial charge in [0, 0.05) is 0 Å². The summed E-state index contributed by atoms with van der Waals surface area (Å²) in [5.41, 5.74) is 2.00. The first kappa shape index (κ1) is 16.6. The van der Waals surface area contributed by atoms with Crippen LogP contribution in [-0.2, 0) is 6.42 Å². The highest BCUT2D eigenvalue weighted by Gasteiger charge is 2.12. The zero-order valence-corrected chi connectivity index (χ0v) is 13.8. The molecule has 0 aromatic heterocycles. The quantitative estimate of drug-likeness (QED) is 0.705. The molecular formula is C21H18O4. The van der Waals surface area contributed by atoms with Crippen LogP contribution in [0.3, 0.4) is 0 Å². The van der Waals surface area contributed by atoms with Gasteiger partial charge in [-0.2, -0.15) is 0 Å². The molecule has 126 valence electrons. The van der Waals surface area contributed by atoms with Crippen molar-refractivity contribution < 1.29 is 19.4 Å². The number of carboxylic acid groups (broad SMARTS) is 1. The molecule has 25 heavy (non-hydrogen) atoms. The van der Waals surface area contributed by atoms with Crippen LogP contribution in [0.25, 0.3) is 0 Å². The van der Waals surface area contributed by atoms with Crippen molar-refractivity contribution in [2.75, 3.05) is 7.11 Å². The molecule has 3 aromatic carbocycles. The van der Waals surface area contributed by atoms with Gasteiger partial charge in [-0.25, -0.2) is 4.79 Å². The van der Waals surface area contributed by atoms with Crippen molar-refractivity contribution >= 4 is 5.97 Å². The van der Waals surface area contributed by atoms with Gasteiger partial charge in [-0.3, -0.25) is 0 Å². The first-order valence-electron chi connectivity index (χ1n) is 7.88. The van der Waals surface area contributed by atoms with Gasteiger partial charge in [0.1, 0.15) is 17.2 Å². The van der Waals surface area contributed by atoms with E-state index in [1.807, 2.05) is 54.6 Å². The SMILES string of the molecule is COc1ccc(Cc2ccc(Oc3ccccc3)cc2)c(C(=O)O)c1. The van der Waals surface area contributed by atoms with Crippen LogP contribution in [-0.4, -0.2) is 18.2 Å². The summed E-state index contributed by atoms with van der Waals surface area (Å²) < 4.78 is 10.9. The standard InChI is InChI=1S/C21H18O4/c1-24-19-12-9-16(20(14-19)21(22)23)13-15-7-10-18(11-8-15)25-17-5-3-2-4-6-17/h2-12,14H,13H2,1H3,(H,22,23). The molecule has 0 aliphatic rings. The molecule has 0 saturated carbocycles. The third-order valence-electron chi connectivity index (χ3n) is 3.84. The molecule has 0 atom stereocenters. The number of hydrogen-bond acceptors (Lipinski definition) is 3. The summed E-state index contributed by atoms with van der Waals surface area (Å²) in [6.07, 6.45) is 0.525. The normalized spacial score (nSPS) is 10.3.